The minimum atomic E-state index is -0.356. The van der Waals surface area contributed by atoms with E-state index in [1.165, 1.54) is 24.6 Å². The second kappa shape index (κ2) is 5.66. The zero-order chi connectivity index (χ0) is 13.8. The Morgan fingerprint density at radius 1 is 1.47 bits per heavy atom. The minimum Gasteiger partial charge on any atom is -0.462 e. The molecule has 0 unspecified atom stereocenters. The van der Waals surface area contributed by atoms with Crippen molar-refractivity contribution in [1.82, 2.24) is 15.6 Å². The molecule has 0 atom stereocenters. The summed E-state index contributed by atoms with van der Waals surface area (Å²) in [5.41, 5.74) is 1.07. The van der Waals surface area contributed by atoms with Crippen LogP contribution >= 0.6 is 11.3 Å². The number of aryl methyl sites for hydroxylation is 1. The van der Waals surface area contributed by atoms with Crippen molar-refractivity contribution in [2.24, 2.45) is 0 Å². The average Bonchev–Trinajstić information content (AvgIpc) is 3.03. The predicted octanol–water partition coefficient (Wildman–Crippen LogP) is 1.19. The molecule has 100 valence electrons. The Hall–Kier alpha value is -2.15. The highest BCUT2D eigenvalue weighted by Crippen LogP contribution is 2.23. The van der Waals surface area contributed by atoms with Crippen LogP contribution in [-0.2, 0) is 4.79 Å². The normalized spacial score (nSPS) is 10.2. The summed E-state index contributed by atoms with van der Waals surface area (Å²) in [6.45, 7) is 1.83. The highest BCUT2D eigenvalue weighted by Gasteiger charge is 2.13. The van der Waals surface area contributed by atoms with Crippen molar-refractivity contribution in [2.75, 3.05) is 13.6 Å². The molecular formula is C12H13N3O3S. The molecule has 6 nitrogen and oxygen atoms in total. The van der Waals surface area contributed by atoms with E-state index < -0.39 is 0 Å². The van der Waals surface area contributed by atoms with Gasteiger partial charge in [0.05, 0.1) is 17.1 Å². The van der Waals surface area contributed by atoms with E-state index >= 15 is 0 Å². The quantitative estimate of drug-likeness (QED) is 0.880. The van der Waals surface area contributed by atoms with E-state index in [0.29, 0.717) is 17.0 Å². The van der Waals surface area contributed by atoms with Crippen LogP contribution in [0.5, 0.6) is 0 Å². The van der Waals surface area contributed by atoms with Crippen LogP contribution in [-0.4, -0.2) is 30.4 Å². The first-order chi connectivity index (χ1) is 9.10. The van der Waals surface area contributed by atoms with Crippen LogP contribution in [0.25, 0.3) is 11.5 Å². The molecule has 0 bridgehead atoms. The Labute approximate surface area is 113 Å². The molecule has 0 fully saturated rings. The monoisotopic (exact) mass is 279 g/mol. The zero-order valence-corrected chi connectivity index (χ0v) is 11.3. The number of carbonyl (C=O) groups excluding carboxylic acids is 2. The number of nitrogens with zero attached hydrogens (tertiary/aromatic N) is 1. The lowest BCUT2D eigenvalue weighted by Gasteiger charge is -2.01. The number of amides is 2. The smallest absolute Gasteiger partial charge is 0.254 e. The van der Waals surface area contributed by atoms with Crippen LogP contribution in [0.1, 0.15) is 15.4 Å². The third kappa shape index (κ3) is 3.19. The maximum absolute atomic E-state index is 11.7. The third-order valence-electron chi connectivity index (χ3n) is 2.42. The number of rotatable bonds is 4. The largest absolute Gasteiger partial charge is 0.462 e. The van der Waals surface area contributed by atoms with Gasteiger partial charge in [0, 0.05) is 12.4 Å². The molecule has 0 aliphatic rings. The Balaban J connectivity index is 2.04. The number of hydrogen-bond acceptors (Lipinski definition) is 5. The van der Waals surface area contributed by atoms with Gasteiger partial charge in [0.25, 0.3) is 5.91 Å². The van der Waals surface area contributed by atoms with E-state index in [2.05, 4.69) is 15.6 Å². The fourth-order valence-electron chi connectivity index (χ4n) is 1.42. The van der Waals surface area contributed by atoms with Gasteiger partial charge in [0.15, 0.2) is 5.76 Å². The Morgan fingerprint density at radius 3 is 2.89 bits per heavy atom. The molecule has 2 aromatic rings. The molecule has 0 aliphatic carbocycles. The summed E-state index contributed by atoms with van der Waals surface area (Å²) < 4.78 is 5.30. The Bertz CT molecular complexity index is 603. The molecule has 0 aromatic carbocycles. The summed E-state index contributed by atoms with van der Waals surface area (Å²) in [4.78, 5) is 27.0. The first kappa shape index (κ1) is 13.3. The first-order valence-corrected chi connectivity index (χ1v) is 6.48. The highest BCUT2D eigenvalue weighted by molar-refractivity contribution is 7.09. The van der Waals surface area contributed by atoms with E-state index in [9.17, 15) is 9.59 Å². The Morgan fingerprint density at radius 2 is 2.26 bits per heavy atom. The van der Waals surface area contributed by atoms with Crippen LogP contribution in [0.3, 0.4) is 0 Å². The molecule has 2 N–H and O–H groups in total. The maximum atomic E-state index is 11.7. The van der Waals surface area contributed by atoms with E-state index in [4.69, 9.17) is 4.42 Å². The second-order valence-corrected chi connectivity index (χ2v) is 4.87. The van der Waals surface area contributed by atoms with Gasteiger partial charge in [-0.25, -0.2) is 4.98 Å². The molecule has 2 heterocycles. The van der Waals surface area contributed by atoms with Gasteiger partial charge in [-0.1, -0.05) is 0 Å². The van der Waals surface area contributed by atoms with Crippen molar-refractivity contribution in [3.63, 3.8) is 0 Å². The summed E-state index contributed by atoms with van der Waals surface area (Å²) >= 11 is 1.51. The van der Waals surface area contributed by atoms with Gasteiger partial charge in [-0.15, -0.1) is 11.3 Å². The lowest BCUT2D eigenvalue weighted by molar-refractivity contribution is -0.119. The SMILES string of the molecule is CNC(=O)CNC(=O)c1coc(-c2csc(C)n2)c1. The molecule has 0 spiro atoms. The van der Waals surface area contributed by atoms with Crippen LogP contribution in [0, 0.1) is 6.92 Å². The minimum absolute atomic E-state index is 0.0638. The summed E-state index contributed by atoms with van der Waals surface area (Å²) in [5.74, 6) is -0.0767. The zero-order valence-electron chi connectivity index (χ0n) is 10.5. The summed E-state index contributed by atoms with van der Waals surface area (Å²) in [6, 6.07) is 1.60. The second-order valence-electron chi connectivity index (χ2n) is 3.81. The molecule has 0 aliphatic heterocycles. The van der Waals surface area contributed by atoms with Crippen molar-refractivity contribution in [1.29, 1.82) is 0 Å². The number of hydrogen-bond donors (Lipinski definition) is 2. The summed E-state index contributed by atoms with van der Waals surface area (Å²) in [6.07, 6.45) is 1.35. The van der Waals surface area contributed by atoms with Crippen LogP contribution < -0.4 is 10.6 Å². The van der Waals surface area contributed by atoms with Gasteiger partial charge in [-0.05, 0) is 13.0 Å². The molecular weight excluding hydrogens is 266 g/mol. The van der Waals surface area contributed by atoms with Crippen molar-refractivity contribution >= 4 is 23.2 Å². The van der Waals surface area contributed by atoms with Gasteiger partial charge in [-0.3, -0.25) is 9.59 Å². The number of likely N-dealkylation sites (N-methyl/N-ethyl adjacent to an activating group) is 1. The fourth-order valence-corrected chi connectivity index (χ4v) is 2.02. The van der Waals surface area contributed by atoms with Crippen LogP contribution in [0.15, 0.2) is 22.1 Å². The van der Waals surface area contributed by atoms with Crippen molar-refractivity contribution in [2.45, 2.75) is 6.92 Å². The Kier molecular flexibility index (Phi) is 3.96. The molecule has 0 saturated carbocycles. The van der Waals surface area contributed by atoms with Crippen molar-refractivity contribution in [3.8, 4) is 11.5 Å². The molecule has 2 aromatic heterocycles. The van der Waals surface area contributed by atoms with E-state index in [0.717, 1.165) is 5.01 Å². The van der Waals surface area contributed by atoms with Gasteiger partial charge < -0.3 is 15.1 Å². The predicted molar refractivity (Wildman–Crippen MR) is 71.0 cm³/mol. The fraction of sp³-hybridized carbons (Fsp3) is 0.250. The standard InChI is InChI=1S/C12H13N3O3S/c1-7-15-9(6-19-7)10-3-8(5-18-10)12(17)14-4-11(16)13-2/h3,5-6H,4H2,1-2H3,(H,13,16)(H,14,17). The first-order valence-electron chi connectivity index (χ1n) is 5.60. The average molecular weight is 279 g/mol. The lowest BCUT2D eigenvalue weighted by Crippen LogP contribution is -2.34. The van der Waals surface area contributed by atoms with Crippen molar-refractivity contribution < 1.29 is 14.0 Å². The molecule has 7 heteroatoms. The highest BCUT2D eigenvalue weighted by atomic mass is 32.1. The van der Waals surface area contributed by atoms with E-state index in [1.54, 1.807) is 6.07 Å². The van der Waals surface area contributed by atoms with Gasteiger partial charge in [0.2, 0.25) is 5.91 Å². The van der Waals surface area contributed by atoms with Gasteiger partial charge in [0.1, 0.15) is 12.0 Å². The number of carbonyl (C=O) groups is 2. The third-order valence-corrected chi connectivity index (χ3v) is 3.19. The molecule has 0 radical (unpaired) electrons. The van der Waals surface area contributed by atoms with E-state index in [1.807, 2.05) is 12.3 Å². The topological polar surface area (TPSA) is 84.2 Å². The maximum Gasteiger partial charge on any atom is 0.254 e. The molecule has 0 saturated heterocycles. The number of furan rings is 1. The van der Waals surface area contributed by atoms with Gasteiger partial charge >= 0.3 is 0 Å². The van der Waals surface area contributed by atoms with Crippen LogP contribution in [0.2, 0.25) is 0 Å². The van der Waals surface area contributed by atoms with Gasteiger partial charge in [-0.2, -0.15) is 0 Å². The number of nitrogens with one attached hydrogen (secondary N) is 2. The molecule has 19 heavy (non-hydrogen) atoms. The number of aromatic nitrogens is 1. The lowest BCUT2D eigenvalue weighted by atomic mass is 10.2. The number of thiazole rings is 1. The molecule has 2 amide bonds. The summed E-state index contributed by atoms with van der Waals surface area (Å²) in [5, 5.41) is 7.70. The van der Waals surface area contributed by atoms with E-state index in [-0.39, 0.29) is 18.4 Å². The van der Waals surface area contributed by atoms with Crippen molar-refractivity contribution in [3.05, 3.63) is 28.3 Å². The van der Waals surface area contributed by atoms with Crippen LogP contribution in [0.4, 0.5) is 0 Å². The summed E-state index contributed by atoms with van der Waals surface area (Å²) in [7, 11) is 1.51. The molecule has 2 rings (SSSR count).